The summed E-state index contributed by atoms with van der Waals surface area (Å²) in [7, 11) is 0. The lowest BCUT2D eigenvalue weighted by Crippen LogP contribution is -2.28. The first-order chi connectivity index (χ1) is 4.84. The van der Waals surface area contributed by atoms with E-state index in [0.29, 0.717) is 0 Å². The minimum absolute atomic E-state index is 0.00912. The minimum Gasteiger partial charge on any atom is -0.501 e. The predicted octanol–water partition coefficient (Wildman–Crippen LogP) is 0.000300. The summed E-state index contributed by atoms with van der Waals surface area (Å²) in [6.45, 7) is 0.789. The minimum atomic E-state index is -0.222. The molecule has 0 saturated carbocycles. The lowest BCUT2D eigenvalue weighted by Gasteiger charge is -2.17. The third-order valence-electron chi connectivity index (χ3n) is 1.64. The number of nitrogens with two attached hydrogens (primary N) is 1. The van der Waals surface area contributed by atoms with Crippen LogP contribution in [0.5, 0.6) is 0 Å². The second-order valence-corrected chi connectivity index (χ2v) is 2.46. The maximum Gasteiger partial charge on any atom is 0.0876 e. The average Bonchev–Trinajstić information content (AvgIpc) is 2.05. The fraction of sp³-hybridized carbons (Fsp3) is 0.714. The number of rotatable bonds is 2. The van der Waals surface area contributed by atoms with Gasteiger partial charge in [0, 0.05) is 0 Å². The first-order valence-corrected chi connectivity index (χ1v) is 3.51. The van der Waals surface area contributed by atoms with Crippen LogP contribution in [0.25, 0.3) is 0 Å². The average molecular weight is 143 g/mol. The van der Waals surface area contributed by atoms with E-state index in [1.165, 1.54) is 0 Å². The molecule has 0 aromatic carbocycles. The molecule has 0 spiro atoms. The van der Waals surface area contributed by atoms with Gasteiger partial charge in [-0.1, -0.05) is 0 Å². The molecule has 0 unspecified atom stereocenters. The molecule has 1 aliphatic heterocycles. The highest BCUT2D eigenvalue weighted by molar-refractivity contribution is 5.08. The van der Waals surface area contributed by atoms with Crippen LogP contribution in [0.1, 0.15) is 12.8 Å². The van der Waals surface area contributed by atoms with Crippen LogP contribution < -0.4 is 5.73 Å². The highest BCUT2D eigenvalue weighted by Gasteiger charge is 2.10. The quantitative estimate of drug-likeness (QED) is 0.572. The van der Waals surface area contributed by atoms with Crippen molar-refractivity contribution in [3.63, 3.8) is 0 Å². The maximum atomic E-state index is 8.67. The zero-order chi connectivity index (χ0) is 7.40. The largest absolute Gasteiger partial charge is 0.501 e. The molecule has 0 saturated heterocycles. The second-order valence-electron chi connectivity index (χ2n) is 2.46. The zero-order valence-electron chi connectivity index (χ0n) is 5.92. The van der Waals surface area contributed by atoms with Gasteiger partial charge in [-0.3, -0.25) is 0 Å². The first-order valence-electron chi connectivity index (χ1n) is 3.51. The Morgan fingerprint density at radius 2 is 2.60 bits per heavy atom. The van der Waals surface area contributed by atoms with Gasteiger partial charge in [0.1, 0.15) is 0 Å². The third-order valence-corrected chi connectivity index (χ3v) is 1.64. The Labute approximate surface area is 60.5 Å². The molecule has 0 bridgehead atoms. The molecule has 0 aromatic heterocycles. The molecule has 1 heterocycles. The van der Waals surface area contributed by atoms with Crippen LogP contribution in [0.15, 0.2) is 11.8 Å². The molecule has 0 aliphatic carbocycles. The van der Waals surface area contributed by atoms with E-state index in [2.05, 4.69) is 0 Å². The van der Waals surface area contributed by atoms with Crippen LogP contribution in [0.4, 0.5) is 0 Å². The number of aliphatic hydroxyl groups excluding tert-OH is 1. The number of aliphatic hydroxyl groups is 1. The van der Waals surface area contributed by atoms with E-state index >= 15 is 0 Å². The standard InChI is InChI=1S/C7H13NO2/c8-7(4-9)6-2-1-3-10-5-6/h5,7,9H,1-4,8H2/t7-/m0/s1. The summed E-state index contributed by atoms with van der Waals surface area (Å²) in [5, 5.41) is 8.67. The van der Waals surface area contributed by atoms with Crippen LogP contribution in [0.2, 0.25) is 0 Å². The Kier molecular flexibility index (Phi) is 2.71. The van der Waals surface area contributed by atoms with Gasteiger partial charge in [0.25, 0.3) is 0 Å². The van der Waals surface area contributed by atoms with E-state index in [4.69, 9.17) is 15.6 Å². The predicted molar refractivity (Wildman–Crippen MR) is 38.3 cm³/mol. The molecule has 10 heavy (non-hydrogen) atoms. The van der Waals surface area contributed by atoms with Crippen LogP contribution in [-0.2, 0) is 4.74 Å². The Morgan fingerprint density at radius 3 is 3.10 bits per heavy atom. The molecule has 0 amide bonds. The van der Waals surface area contributed by atoms with Gasteiger partial charge in [0.05, 0.1) is 25.5 Å². The summed E-state index contributed by atoms with van der Waals surface area (Å²) in [6, 6.07) is -0.222. The van der Waals surface area contributed by atoms with Crippen molar-refractivity contribution in [3.8, 4) is 0 Å². The molecule has 1 rings (SSSR count). The van der Waals surface area contributed by atoms with Crippen LogP contribution in [0, 0.1) is 0 Å². The van der Waals surface area contributed by atoms with Crippen LogP contribution >= 0.6 is 0 Å². The van der Waals surface area contributed by atoms with Gasteiger partial charge >= 0.3 is 0 Å². The summed E-state index contributed by atoms with van der Waals surface area (Å²) < 4.78 is 5.05. The summed E-state index contributed by atoms with van der Waals surface area (Å²) >= 11 is 0. The third kappa shape index (κ3) is 1.72. The molecule has 3 N–H and O–H groups in total. The van der Waals surface area contributed by atoms with Crippen molar-refractivity contribution < 1.29 is 9.84 Å². The molecule has 3 heteroatoms. The Hall–Kier alpha value is -0.540. The van der Waals surface area contributed by atoms with Crippen molar-refractivity contribution in [3.05, 3.63) is 11.8 Å². The van der Waals surface area contributed by atoms with E-state index in [9.17, 15) is 0 Å². The summed E-state index contributed by atoms with van der Waals surface area (Å²) in [5.41, 5.74) is 6.57. The van der Waals surface area contributed by atoms with Crippen LogP contribution in [0.3, 0.4) is 0 Å². The van der Waals surface area contributed by atoms with Crippen molar-refractivity contribution in [1.82, 2.24) is 0 Å². The van der Waals surface area contributed by atoms with Crippen molar-refractivity contribution in [2.75, 3.05) is 13.2 Å². The molecule has 58 valence electrons. The summed E-state index contributed by atoms with van der Waals surface area (Å²) in [6.07, 6.45) is 3.64. The topological polar surface area (TPSA) is 55.5 Å². The molecule has 1 aliphatic rings. The zero-order valence-corrected chi connectivity index (χ0v) is 5.92. The van der Waals surface area contributed by atoms with Gasteiger partial charge in [0.2, 0.25) is 0 Å². The summed E-state index contributed by atoms with van der Waals surface area (Å²) in [5.74, 6) is 0. The molecule has 0 radical (unpaired) electrons. The van der Waals surface area contributed by atoms with E-state index in [1.807, 2.05) is 0 Å². The monoisotopic (exact) mass is 143 g/mol. The number of hydrogen-bond acceptors (Lipinski definition) is 3. The lowest BCUT2D eigenvalue weighted by molar-refractivity contribution is 0.211. The lowest BCUT2D eigenvalue weighted by atomic mass is 10.0. The van der Waals surface area contributed by atoms with Gasteiger partial charge in [-0.25, -0.2) is 0 Å². The van der Waals surface area contributed by atoms with Gasteiger partial charge in [-0.05, 0) is 18.4 Å². The van der Waals surface area contributed by atoms with Crippen LogP contribution in [-0.4, -0.2) is 24.4 Å². The molecule has 0 aromatic rings. The molecule has 3 nitrogen and oxygen atoms in total. The molecular formula is C7H13NO2. The van der Waals surface area contributed by atoms with Crippen molar-refractivity contribution in [2.45, 2.75) is 18.9 Å². The van der Waals surface area contributed by atoms with E-state index in [-0.39, 0.29) is 12.6 Å². The van der Waals surface area contributed by atoms with E-state index in [1.54, 1.807) is 6.26 Å². The maximum absolute atomic E-state index is 8.67. The van der Waals surface area contributed by atoms with Crippen molar-refractivity contribution in [2.24, 2.45) is 5.73 Å². The van der Waals surface area contributed by atoms with Crippen molar-refractivity contribution >= 4 is 0 Å². The second kappa shape index (κ2) is 3.58. The Bertz CT molecular complexity index is 134. The highest BCUT2D eigenvalue weighted by Crippen LogP contribution is 2.13. The van der Waals surface area contributed by atoms with Gasteiger partial charge < -0.3 is 15.6 Å². The smallest absolute Gasteiger partial charge is 0.0876 e. The van der Waals surface area contributed by atoms with Gasteiger partial charge in [0.15, 0.2) is 0 Å². The summed E-state index contributed by atoms with van der Waals surface area (Å²) in [4.78, 5) is 0. The van der Waals surface area contributed by atoms with Crippen molar-refractivity contribution in [1.29, 1.82) is 0 Å². The number of ether oxygens (including phenoxy) is 1. The first kappa shape index (κ1) is 7.57. The fourth-order valence-electron chi connectivity index (χ4n) is 0.975. The Balaban J connectivity index is 2.44. The van der Waals surface area contributed by atoms with Gasteiger partial charge in [-0.2, -0.15) is 0 Å². The SMILES string of the molecule is N[C@@H](CO)C1=COCCC1. The number of hydrogen-bond donors (Lipinski definition) is 2. The van der Waals surface area contributed by atoms with E-state index in [0.717, 1.165) is 25.0 Å². The molecule has 0 fully saturated rings. The molecule has 1 atom stereocenters. The van der Waals surface area contributed by atoms with E-state index < -0.39 is 0 Å². The van der Waals surface area contributed by atoms with Gasteiger partial charge in [-0.15, -0.1) is 0 Å². The normalized spacial score (nSPS) is 21.2. The highest BCUT2D eigenvalue weighted by atomic mass is 16.5. The Morgan fingerprint density at radius 1 is 1.80 bits per heavy atom. The fourth-order valence-corrected chi connectivity index (χ4v) is 0.975. The molecular weight excluding hydrogens is 130 g/mol.